The molecule has 0 aromatic heterocycles. The van der Waals surface area contributed by atoms with Crippen molar-refractivity contribution >= 4 is 17.6 Å². The number of ether oxygens (including phenoxy) is 3. The van der Waals surface area contributed by atoms with Gasteiger partial charge in [0, 0.05) is 30.0 Å². The van der Waals surface area contributed by atoms with Gasteiger partial charge < -0.3 is 29.3 Å². The van der Waals surface area contributed by atoms with Crippen LogP contribution in [0.2, 0.25) is 0 Å². The molecule has 0 radical (unpaired) electrons. The molecule has 4 rings (SSSR count). The van der Waals surface area contributed by atoms with E-state index in [-0.39, 0.29) is 0 Å². The average Bonchev–Trinajstić information content (AvgIpc) is 2.98. The number of anilines is 1. The minimum Gasteiger partial charge on any atom is -0.494 e. The number of carbonyl (C=O) groups is 2. The maximum absolute atomic E-state index is 11.2. The van der Waals surface area contributed by atoms with Crippen LogP contribution in [-0.4, -0.2) is 48.5 Å². The summed E-state index contributed by atoms with van der Waals surface area (Å²) in [6.45, 7) is 4.30. The second-order valence-electron chi connectivity index (χ2n) is 11.5. The highest BCUT2D eigenvalue weighted by atomic mass is 16.5. The Labute approximate surface area is 264 Å². The molecule has 0 unspecified atom stereocenters. The first-order valence-electron chi connectivity index (χ1n) is 16.8. The van der Waals surface area contributed by atoms with Crippen molar-refractivity contribution in [1.29, 1.82) is 0 Å². The number of carboxylic acids is 2. The predicted molar refractivity (Wildman–Crippen MR) is 177 cm³/mol. The third-order valence-corrected chi connectivity index (χ3v) is 7.50. The zero-order valence-corrected chi connectivity index (χ0v) is 27.1. The Bertz CT molecular complexity index is 1030. The van der Waals surface area contributed by atoms with Crippen molar-refractivity contribution in [2.75, 3.05) is 31.2 Å². The van der Waals surface area contributed by atoms with Crippen LogP contribution in [0.1, 0.15) is 117 Å². The van der Waals surface area contributed by atoms with E-state index in [1.165, 1.54) is 94.8 Å². The summed E-state index contributed by atoms with van der Waals surface area (Å²) in [5.41, 5.74) is 0.456. The molecular weight excluding hydrogens is 558 g/mol. The zero-order chi connectivity index (χ0) is 31.8. The van der Waals surface area contributed by atoms with Gasteiger partial charge in [-0.15, -0.1) is 0 Å². The third-order valence-electron chi connectivity index (χ3n) is 7.50. The van der Waals surface area contributed by atoms with Gasteiger partial charge in [-0.25, -0.2) is 0 Å². The Balaban J connectivity index is 0.000000825. The van der Waals surface area contributed by atoms with Crippen LogP contribution in [0.4, 0.5) is 5.69 Å². The molecule has 2 bridgehead atoms. The molecule has 0 atom stereocenters. The topological polar surface area (TPSA) is 106 Å². The fourth-order valence-electron chi connectivity index (χ4n) is 5.16. The second kappa shape index (κ2) is 23.0. The van der Waals surface area contributed by atoms with Gasteiger partial charge in [0.15, 0.2) is 0 Å². The van der Waals surface area contributed by atoms with Crippen molar-refractivity contribution in [2.45, 2.75) is 117 Å². The molecule has 0 fully saturated rings. The summed E-state index contributed by atoms with van der Waals surface area (Å²) >= 11 is 0. The molecule has 44 heavy (non-hydrogen) atoms. The lowest BCUT2D eigenvalue weighted by molar-refractivity contribution is -0.136. The molecule has 246 valence electrons. The summed E-state index contributed by atoms with van der Waals surface area (Å²) in [5, 5.41) is 18.3. The van der Waals surface area contributed by atoms with Gasteiger partial charge in [0.25, 0.3) is 0 Å². The number of rotatable bonds is 25. The first-order valence-corrected chi connectivity index (χ1v) is 16.8. The number of unbranched alkanes of at least 4 members (excludes halogenated alkanes) is 15. The van der Waals surface area contributed by atoms with E-state index in [0.29, 0.717) is 30.4 Å². The van der Waals surface area contributed by atoms with Crippen LogP contribution in [0.3, 0.4) is 0 Å². The van der Waals surface area contributed by atoms with Crippen molar-refractivity contribution in [1.82, 2.24) is 0 Å². The predicted octanol–water partition coefficient (Wildman–Crippen LogP) is 9.49. The maximum Gasteiger partial charge on any atom is 0.323 e. The van der Waals surface area contributed by atoms with Gasteiger partial charge in [-0.05, 0) is 25.5 Å². The van der Waals surface area contributed by atoms with Crippen LogP contribution in [0, 0.1) is 0 Å². The molecule has 2 aliphatic rings. The first kappa shape index (κ1) is 36.8. The average molecular weight is 614 g/mol. The summed E-state index contributed by atoms with van der Waals surface area (Å²) in [5.74, 6) is 0.859. The Hall–Kier alpha value is -3.42. The number of fused-ring (bicyclic) bond motifs is 2. The monoisotopic (exact) mass is 613 g/mol. The van der Waals surface area contributed by atoms with E-state index in [2.05, 4.69) is 6.92 Å². The SMILES string of the molecule is CCCCCCCCCCCCCCCCCCOc1cc(OCC)cc(N(CC(=O)O)CC(=O)O)c1.c1cc2cc(c1)O2. The van der Waals surface area contributed by atoms with Crippen molar-refractivity contribution in [3.05, 3.63) is 42.5 Å². The molecule has 2 aromatic rings. The Kier molecular flexibility index (Phi) is 19.2. The van der Waals surface area contributed by atoms with Gasteiger partial charge >= 0.3 is 11.9 Å². The third kappa shape index (κ3) is 17.0. The highest BCUT2D eigenvalue weighted by Crippen LogP contribution is 2.33. The van der Waals surface area contributed by atoms with E-state index in [0.717, 1.165) is 24.3 Å². The maximum atomic E-state index is 11.2. The molecule has 2 N–H and O–H groups in total. The molecule has 0 saturated carbocycles. The minimum atomic E-state index is -1.10. The van der Waals surface area contributed by atoms with E-state index < -0.39 is 25.0 Å². The molecule has 8 heteroatoms. The lowest BCUT2D eigenvalue weighted by Gasteiger charge is -2.22. The molecule has 2 aromatic carbocycles. The summed E-state index contributed by atoms with van der Waals surface area (Å²) in [4.78, 5) is 23.7. The fourth-order valence-corrected chi connectivity index (χ4v) is 5.16. The van der Waals surface area contributed by atoms with E-state index in [1.54, 1.807) is 18.2 Å². The van der Waals surface area contributed by atoms with Crippen LogP contribution in [0.25, 0.3) is 0 Å². The van der Waals surface area contributed by atoms with E-state index >= 15 is 0 Å². The highest BCUT2D eigenvalue weighted by Gasteiger charge is 2.16. The smallest absolute Gasteiger partial charge is 0.323 e. The van der Waals surface area contributed by atoms with Crippen LogP contribution in [-0.2, 0) is 9.59 Å². The number of nitrogens with zero attached hydrogens (tertiary/aromatic N) is 1. The lowest BCUT2D eigenvalue weighted by Crippen LogP contribution is -2.34. The summed E-state index contributed by atoms with van der Waals surface area (Å²) in [7, 11) is 0. The quantitative estimate of drug-likeness (QED) is 0.0910. The van der Waals surface area contributed by atoms with Crippen molar-refractivity contribution in [2.24, 2.45) is 0 Å². The summed E-state index contributed by atoms with van der Waals surface area (Å²) in [6, 6.07) is 12.9. The van der Waals surface area contributed by atoms with Gasteiger partial charge in [0.2, 0.25) is 0 Å². The number of carboxylic acid groups (broad SMARTS) is 2. The Morgan fingerprint density at radius 3 is 1.43 bits per heavy atom. The van der Waals surface area contributed by atoms with Crippen LogP contribution in [0.15, 0.2) is 42.5 Å². The van der Waals surface area contributed by atoms with Crippen molar-refractivity contribution in [3.63, 3.8) is 0 Å². The molecule has 0 aliphatic carbocycles. The standard InChI is InChI=1S/C30H51NO6.C6H4O/c1-3-5-6-7-8-9-10-11-12-13-14-15-16-17-18-19-20-37-28-22-26(21-27(23-28)36-4-2)31(24-29(32)33)25-30(34)35;1-2-5-4-6(3-1)7-5/h21-23H,3-20,24-25H2,1-2H3,(H,32,33)(H,34,35);1-4H. The van der Waals surface area contributed by atoms with Gasteiger partial charge in [-0.3, -0.25) is 9.59 Å². The number of hydrogen-bond donors (Lipinski definition) is 2. The largest absolute Gasteiger partial charge is 0.494 e. The van der Waals surface area contributed by atoms with Gasteiger partial charge in [-0.2, -0.15) is 0 Å². The molecule has 0 saturated heterocycles. The minimum absolute atomic E-state index is 0.416. The van der Waals surface area contributed by atoms with Crippen LogP contribution < -0.4 is 19.1 Å². The van der Waals surface area contributed by atoms with Gasteiger partial charge in [-0.1, -0.05) is 109 Å². The van der Waals surface area contributed by atoms with E-state index in [9.17, 15) is 9.59 Å². The van der Waals surface area contributed by atoms with Gasteiger partial charge in [0.05, 0.1) is 13.2 Å². The van der Waals surface area contributed by atoms with Crippen molar-refractivity contribution < 1.29 is 34.0 Å². The van der Waals surface area contributed by atoms with Crippen LogP contribution >= 0.6 is 0 Å². The molecular formula is C36H55NO7. The molecule has 8 nitrogen and oxygen atoms in total. The number of benzene rings is 2. The molecule has 2 heterocycles. The first-order chi connectivity index (χ1) is 21.4. The second-order valence-corrected chi connectivity index (χ2v) is 11.5. The normalized spacial score (nSPS) is 11.0. The van der Waals surface area contributed by atoms with E-state index in [4.69, 9.17) is 24.4 Å². The number of hydrogen-bond acceptors (Lipinski definition) is 6. The van der Waals surface area contributed by atoms with Gasteiger partial charge in [0.1, 0.15) is 36.1 Å². The fraction of sp³-hybridized carbons (Fsp3) is 0.611. The highest BCUT2D eigenvalue weighted by molar-refractivity contribution is 5.80. The Morgan fingerprint density at radius 2 is 1.07 bits per heavy atom. The molecule has 0 spiro atoms. The molecule has 0 amide bonds. The number of aliphatic carboxylic acids is 2. The summed E-state index contributed by atoms with van der Waals surface area (Å²) < 4.78 is 16.5. The van der Waals surface area contributed by atoms with E-state index in [1.807, 2.05) is 31.2 Å². The summed E-state index contributed by atoms with van der Waals surface area (Å²) in [6.07, 6.45) is 21.1. The lowest BCUT2D eigenvalue weighted by atomic mass is 10.0. The van der Waals surface area contributed by atoms with Crippen LogP contribution in [0.5, 0.6) is 23.0 Å². The molecule has 2 aliphatic heterocycles. The van der Waals surface area contributed by atoms with Crippen molar-refractivity contribution in [3.8, 4) is 23.0 Å². The Morgan fingerprint density at radius 1 is 0.636 bits per heavy atom. The zero-order valence-electron chi connectivity index (χ0n) is 27.1.